The second-order valence-corrected chi connectivity index (χ2v) is 6.04. The zero-order valence-electron chi connectivity index (χ0n) is 15.6. The number of ether oxygens (including phenoxy) is 1. The predicted molar refractivity (Wildman–Crippen MR) is 107 cm³/mol. The molecule has 3 aromatic rings. The van der Waals surface area contributed by atoms with Gasteiger partial charge in [0.15, 0.2) is 5.78 Å². The van der Waals surface area contributed by atoms with Crippen molar-refractivity contribution in [2.75, 3.05) is 17.7 Å². The molecule has 0 radical (unpaired) electrons. The molecule has 0 aliphatic rings. The first kappa shape index (κ1) is 19.0. The standard InChI is InChI=1S/C21H20N4O3/c1-14(26)15-7-5-8-17(10-15)25-21(27)18-12-24-20(13-22-18)23-11-16-6-3-4-9-19(16)28-2/h3-10,12-13H,11H2,1-2H3,(H,23,24)(H,25,27). The molecule has 0 fully saturated rings. The molecule has 0 spiro atoms. The van der Waals surface area contributed by atoms with Gasteiger partial charge in [0.2, 0.25) is 0 Å². The van der Waals surface area contributed by atoms with Gasteiger partial charge in [0, 0.05) is 23.4 Å². The van der Waals surface area contributed by atoms with Gasteiger partial charge in [0.1, 0.15) is 17.3 Å². The Hall–Kier alpha value is -3.74. The zero-order valence-corrected chi connectivity index (χ0v) is 15.6. The smallest absolute Gasteiger partial charge is 0.275 e. The van der Waals surface area contributed by atoms with E-state index in [1.807, 2.05) is 24.3 Å². The maximum Gasteiger partial charge on any atom is 0.275 e. The van der Waals surface area contributed by atoms with Crippen LogP contribution >= 0.6 is 0 Å². The third kappa shape index (κ3) is 4.70. The fourth-order valence-electron chi connectivity index (χ4n) is 2.58. The summed E-state index contributed by atoms with van der Waals surface area (Å²) in [6.07, 6.45) is 2.89. The minimum atomic E-state index is -0.399. The number of ketones is 1. The van der Waals surface area contributed by atoms with E-state index >= 15 is 0 Å². The number of carbonyl (C=O) groups excluding carboxylic acids is 2. The highest BCUT2D eigenvalue weighted by molar-refractivity contribution is 6.03. The number of benzene rings is 2. The molecule has 0 aliphatic heterocycles. The molecule has 1 amide bonds. The van der Waals surface area contributed by atoms with Crippen LogP contribution in [-0.2, 0) is 6.54 Å². The van der Waals surface area contributed by atoms with Gasteiger partial charge in [0.05, 0.1) is 19.5 Å². The van der Waals surface area contributed by atoms with Crippen molar-refractivity contribution < 1.29 is 14.3 Å². The van der Waals surface area contributed by atoms with Crippen LogP contribution in [0.25, 0.3) is 0 Å². The van der Waals surface area contributed by atoms with Crippen molar-refractivity contribution in [1.82, 2.24) is 9.97 Å². The summed E-state index contributed by atoms with van der Waals surface area (Å²) >= 11 is 0. The Morgan fingerprint density at radius 3 is 2.57 bits per heavy atom. The van der Waals surface area contributed by atoms with Crippen LogP contribution in [0.1, 0.15) is 33.3 Å². The lowest BCUT2D eigenvalue weighted by atomic mass is 10.1. The van der Waals surface area contributed by atoms with E-state index in [0.29, 0.717) is 23.6 Å². The summed E-state index contributed by atoms with van der Waals surface area (Å²) in [6.45, 7) is 1.99. The molecule has 0 saturated heterocycles. The van der Waals surface area contributed by atoms with Crippen molar-refractivity contribution in [3.05, 3.63) is 77.7 Å². The molecule has 2 aromatic carbocycles. The van der Waals surface area contributed by atoms with E-state index in [2.05, 4.69) is 20.6 Å². The number of carbonyl (C=O) groups is 2. The lowest BCUT2D eigenvalue weighted by Gasteiger charge is -2.10. The van der Waals surface area contributed by atoms with Crippen molar-refractivity contribution >= 4 is 23.2 Å². The first-order valence-electron chi connectivity index (χ1n) is 8.67. The Balaban J connectivity index is 1.63. The van der Waals surface area contributed by atoms with Crippen LogP contribution in [0.5, 0.6) is 5.75 Å². The molecule has 0 atom stereocenters. The molecular weight excluding hydrogens is 356 g/mol. The number of anilines is 2. The van der Waals surface area contributed by atoms with Crippen molar-refractivity contribution in [1.29, 1.82) is 0 Å². The number of para-hydroxylation sites is 1. The summed E-state index contributed by atoms with van der Waals surface area (Å²) in [5.41, 5.74) is 2.22. The Labute approximate surface area is 162 Å². The minimum Gasteiger partial charge on any atom is -0.496 e. The summed E-state index contributed by atoms with van der Waals surface area (Å²) < 4.78 is 5.31. The number of nitrogens with one attached hydrogen (secondary N) is 2. The van der Waals surface area contributed by atoms with E-state index in [4.69, 9.17) is 4.74 Å². The van der Waals surface area contributed by atoms with E-state index in [1.165, 1.54) is 19.3 Å². The summed E-state index contributed by atoms with van der Waals surface area (Å²) in [7, 11) is 1.62. The summed E-state index contributed by atoms with van der Waals surface area (Å²) in [6, 6.07) is 14.4. The largest absolute Gasteiger partial charge is 0.496 e. The number of aromatic nitrogens is 2. The Kier molecular flexibility index (Phi) is 5.96. The van der Waals surface area contributed by atoms with E-state index in [0.717, 1.165) is 11.3 Å². The molecule has 1 heterocycles. The van der Waals surface area contributed by atoms with Crippen molar-refractivity contribution in [3.63, 3.8) is 0 Å². The topological polar surface area (TPSA) is 93.2 Å². The molecule has 2 N–H and O–H groups in total. The van der Waals surface area contributed by atoms with E-state index < -0.39 is 5.91 Å². The van der Waals surface area contributed by atoms with Gasteiger partial charge in [-0.2, -0.15) is 0 Å². The number of hydrogen-bond donors (Lipinski definition) is 2. The van der Waals surface area contributed by atoms with Gasteiger partial charge in [-0.1, -0.05) is 30.3 Å². The second-order valence-electron chi connectivity index (χ2n) is 6.04. The monoisotopic (exact) mass is 376 g/mol. The van der Waals surface area contributed by atoms with E-state index in [1.54, 1.807) is 31.4 Å². The van der Waals surface area contributed by atoms with Gasteiger partial charge >= 0.3 is 0 Å². The van der Waals surface area contributed by atoms with Crippen LogP contribution in [0.3, 0.4) is 0 Å². The first-order valence-corrected chi connectivity index (χ1v) is 8.67. The summed E-state index contributed by atoms with van der Waals surface area (Å²) in [4.78, 5) is 32.2. The van der Waals surface area contributed by atoms with Crippen LogP contribution in [0.15, 0.2) is 60.9 Å². The molecule has 28 heavy (non-hydrogen) atoms. The van der Waals surface area contributed by atoms with Crippen LogP contribution < -0.4 is 15.4 Å². The third-order valence-corrected chi connectivity index (χ3v) is 4.06. The molecule has 1 aromatic heterocycles. The fraction of sp³-hybridized carbons (Fsp3) is 0.143. The normalized spacial score (nSPS) is 10.2. The second kappa shape index (κ2) is 8.77. The number of rotatable bonds is 7. The van der Waals surface area contributed by atoms with E-state index in [-0.39, 0.29) is 11.5 Å². The van der Waals surface area contributed by atoms with Gasteiger partial charge < -0.3 is 15.4 Å². The first-order chi connectivity index (χ1) is 13.6. The van der Waals surface area contributed by atoms with Crippen LogP contribution in [0.4, 0.5) is 11.5 Å². The third-order valence-electron chi connectivity index (χ3n) is 4.06. The quantitative estimate of drug-likeness (QED) is 0.613. The van der Waals surface area contributed by atoms with Crippen LogP contribution in [-0.4, -0.2) is 28.8 Å². The van der Waals surface area contributed by atoms with Gasteiger partial charge in [-0.25, -0.2) is 9.97 Å². The minimum absolute atomic E-state index is 0.0682. The summed E-state index contributed by atoms with van der Waals surface area (Å²) in [5, 5.41) is 5.86. The molecule has 7 nitrogen and oxygen atoms in total. The lowest BCUT2D eigenvalue weighted by Crippen LogP contribution is -2.15. The SMILES string of the molecule is COc1ccccc1CNc1cnc(C(=O)Nc2cccc(C(C)=O)c2)cn1. The maximum atomic E-state index is 12.3. The fourth-order valence-corrected chi connectivity index (χ4v) is 2.58. The van der Waals surface area contributed by atoms with Crippen molar-refractivity contribution in [2.45, 2.75) is 13.5 Å². The molecule has 142 valence electrons. The molecule has 0 aliphatic carbocycles. The van der Waals surface area contributed by atoms with Gasteiger partial charge in [-0.15, -0.1) is 0 Å². The average Bonchev–Trinajstić information content (AvgIpc) is 2.73. The molecule has 0 unspecified atom stereocenters. The highest BCUT2D eigenvalue weighted by atomic mass is 16.5. The highest BCUT2D eigenvalue weighted by Crippen LogP contribution is 2.18. The number of hydrogen-bond acceptors (Lipinski definition) is 6. The number of Topliss-reactive ketones (excluding diaryl/α,β-unsaturated/α-hetero) is 1. The number of methoxy groups -OCH3 is 1. The van der Waals surface area contributed by atoms with Gasteiger partial charge in [-0.05, 0) is 25.1 Å². The van der Waals surface area contributed by atoms with Crippen LogP contribution in [0.2, 0.25) is 0 Å². The van der Waals surface area contributed by atoms with Gasteiger partial charge in [-0.3, -0.25) is 9.59 Å². The predicted octanol–water partition coefficient (Wildman–Crippen LogP) is 3.55. The number of amides is 1. The Bertz CT molecular complexity index is 987. The van der Waals surface area contributed by atoms with Crippen molar-refractivity contribution in [2.24, 2.45) is 0 Å². The molecule has 0 bridgehead atoms. The zero-order chi connectivity index (χ0) is 19.9. The van der Waals surface area contributed by atoms with E-state index in [9.17, 15) is 9.59 Å². The highest BCUT2D eigenvalue weighted by Gasteiger charge is 2.10. The Morgan fingerprint density at radius 2 is 1.86 bits per heavy atom. The molecule has 3 rings (SSSR count). The van der Waals surface area contributed by atoms with Crippen LogP contribution in [0, 0.1) is 0 Å². The number of nitrogens with zero attached hydrogens (tertiary/aromatic N) is 2. The maximum absolute atomic E-state index is 12.3. The lowest BCUT2D eigenvalue weighted by molar-refractivity contribution is 0.100. The molecule has 7 heteroatoms. The Morgan fingerprint density at radius 1 is 1.04 bits per heavy atom. The average molecular weight is 376 g/mol. The van der Waals surface area contributed by atoms with Gasteiger partial charge in [0.25, 0.3) is 5.91 Å². The van der Waals surface area contributed by atoms with Crippen molar-refractivity contribution in [3.8, 4) is 5.75 Å². The molecular formula is C21H20N4O3. The summed E-state index contributed by atoms with van der Waals surface area (Å²) in [5.74, 6) is 0.860. The molecule has 0 saturated carbocycles.